The van der Waals surface area contributed by atoms with Gasteiger partial charge in [0, 0.05) is 35.5 Å². The zero-order valence-electron chi connectivity index (χ0n) is 20.5. The van der Waals surface area contributed by atoms with Gasteiger partial charge in [-0.15, -0.1) is 0 Å². The molecule has 1 saturated carbocycles. The number of benzene rings is 2. The summed E-state index contributed by atoms with van der Waals surface area (Å²) in [5.41, 5.74) is 7.98. The number of pyridine rings is 2. The van der Waals surface area contributed by atoms with E-state index < -0.39 is 5.97 Å². The van der Waals surface area contributed by atoms with Crippen LogP contribution in [0.1, 0.15) is 43.6 Å². The summed E-state index contributed by atoms with van der Waals surface area (Å²) >= 11 is 0. The van der Waals surface area contributed by atoms with Crippen molar-refractivity contribution in [2.24, 2.45) is 5.92 Å². The van der Waals surface area contributed by atoms with Gasteiger partial charge in [0.15, 0.2) is 5.65 Å². The number of imidazole rings is 1. The minimum atomic E-state index is -0.680. The van der Waals surface area contributed by atoms with E-state index in [1.807, 2.05) is 42.7 Å². The minimum Gasteiger partial charge on any atom is -0.481 e. The topological polar surface area (TPSA) is 91.8 Å². The van der Waals surface area contributed by atoms with Crippen LogP contribution in [0.3, 0.4) is 0 Å². The molecule has 0 radical (unpaired) electrons. The van der Waals surface area contributed by atoms with Gasteiger partial charge in [-0.3, -0.25) is 9.78 Å². The molecule has 37 heavy (non-hydrogen) atoms. The van der Waals surface area contributed by atoms with Crippen molar-refractivity contribution in [1.29, 1.82) is 0 Å². The summed E-state index contributed by atoms with van der Waals surface area (Å²) in [6, 6.07) is 25.0. The first kappa shape index (κ1) is 23.1. The van der Waals surface area contributed by atoms with Crippen LogP contribution in [-0.4, -0.2) is 31.0 Å². The van der Waals surface area contributed by atoms with Crippen LogP contribution in [0.4, 0.5) is 0 Å². The maximum Gasteiger partial charge on any atom is 0.303 e. The van der Waals surface area contributed by atoms with Crippen LogP contribution >= 0.6 is 0 Å². The number of nitrogens with zero attached hydrogens (tertiary/aromatic N) is 3. The summed E-state index contributed by atoms with van der Waals surface area (Å²) in [4.78, 5) is 28.3. The molecule has 1 aliphatic carbocycles. The Bertz CT molecular complexity index is 1520. The molecule has 0 atom stereocenters. The number of rotatable bonds is 6. The van der Waals surface area contributed by atoms with Gasteiger partial charge in [0.1, 0.15) is 11.3 Å². The fraction of sp³-hybridized carbons (Fsp3) is 0.226. The van der Waals surface area contributed by atoms with Crippen LogP contribution in [0, 0.1) is 5.92 Å². The van der Waals surface area contributed by atoms with Crippen molar-refractivity contribution in [3.8, 4) is 33.8 Å². The number of carbonyl (C=O) groups is 1. The standard InChI is InChI=1S/C31H28N4O2/c36-29(37)16-20-6-8-22(9-7-20)23-10-12-24(13-11-23)27-15-14-25(18-32-27)30-34-28-17-26(19-33-31(28)35-30)21-4-2-1-3-5-21/h1-5,10-15,17-20,22H,6-9,16H2,(H,36,37)(H,33,34,35). The van der Waals surface area contributed by atoms with Crippen molar-refractivity contribution in [2.75, 3.05) is 0 Å². The number of H-pyrrole nitrogens is 1. The third-order valence-corrected chi connectivity index (χ3v) is 7.47. The smallest absolute Gasteiger partial charge is 0.303 e. The Morgan fingerprint density at radius 1 is 0.811 bits per heavy atom. The van der Waals surface area contributed by atoms with Gasteiger partial charge in [-0.05, 0) is 66.8 Å². The molecular formula is C31H28N4O2. The van der Waals surface area contributed by atoms with E-state index in [1.165, 1.54) is 5.56 Å². The molecule has 184 valence electrons. The van der Waals surface area contributed by atoms with Gasteiger partial charge in [0.05, 0.1) is 5.69 Å². The Morgan fingerprint density at radius 2 is 1.54 bits per heavy atom. The van der Waals surface area contributed by atoms with Crippen LogP contribution in [0.25, 0.3) is 44.9 Å². The molecule has 0 unspecified atom stereocenters. The van der Waals surface area contributed by atoms with Crippen molar-refractivity contribution in [3.05, 3.63) is 90.8 Å². The highest BCUT2D eigenvalue weighted by atomic mass is 16.4. The summed E-state index contributed by atoms with van der Waals surface area (Å²) in [5, 5.41) is 9.04. The summed E-state index contributed by atoms with van der Waals surface area (Å²) in [5.74, 6) is 0.906. The molecule has 0 saturated heterocycles. The lowest BCUT2D eigenvalue weighted by molar-refractivity contribution is -0.138. The molecule has 0 aliphatic heterocycles. The highest BCUT2D eigenvalue weighted by Gasteiger charge is 2.24. The summed E-state index contributed by atoms with van der Waals surface area (Å²) < 4.78 is 0. The second-order valence-corrected chi connectivity index (χ2v) is 9.91. The van der Waals surface area contributed by atoms with E-state index in [4.69, 9.17) is 15.1 Å². The van der Waals surface area contributed by atoms with E-state index in [2.05, 4.69) is 52.4 Å². The Hall–Kier alpha value is -4.32. The first-order chi connectivity index (χ1) is 18.1. The van der Waals surface area contributed by atoms with Crippen molar-refractivity contribution in [1.82, 2.24) is 19.9 Å². The summed E-state index contributed by atoms with van der Waals surface area (Å²) in [6.45, 7) is 0. The third kappa shape index (κ3) is 5.00. The summed E-state index contributed by atoms with van der Waals surface area (Å²) in [7, 11) is 0. The van der Waals surface area contributed by atoms with Gasteiger partial charge in [0.2, 0.25) is 0 Å². The van der Waals surface area contributed by atoms with Gasteiger partial charge in [-0.2, -0.15) is 0 Å². The van der Waals surface area contributed by atoms with Gasteiger partial charge < -0.3 is 10.1 Å². The normalized spacial score (nSPS) is 17.6. The molecule has 3 heterocycles. The van der Waals surface area contributed by atoms with Crippen LogP contribution < -0.4 is 0 Å². The monoisotopic (exact) mass is 488 g/mol. The lowest BCUT2D eigenvalue weighted by Gasteiger charge is -2.28. The molecule has 6 rings (SSSR count). The zero-order chi connectivity index (χ0) is 25.2. The molecular weight excluding hydrogens is 460 g/mol. The lowest BCUT2D eigenvalue weighted by Crippen LogP contribution is -2.16. The van der Waals surface area contributed by atoms with Gasteiger partial charge in [-0.1, -0.05) is 54.6 Å². The SMILES string of the molecule is O=C(O)CC1CCC(c2ccc(-c3ccc(-c4nc5cc(-c6ccccc6)cnc5[nH]4)cn3)cc2)CC1. The van der Waals surface area contributed by atoms with Crippen molar-refractivity contribution >= 4 is 17.1 Å². The van der Waals surface area contributed by atoms with Crippen molar-refractivity contribution in [3.63, 3.8) is 0 Å². The maximum atomic E-state index is 11.0. The van der Waals surface area contributed by atoms with Crippen LogP contribution in [-0.2, 0) is 4.79 Å². The zero-order valence-corrected chi connectivity index (χ0v) is 20.5. The van der Waals surface area contributed by atoms with Crippen LogP contribution in [0.15, 0.2) is 85.2 Å². The van der Waals surface area contributed by atoms with Crippen LogP contribution in [0.5, 0.6) is 0 Å². The first-order valence-electron chi connectivity index (χ1n) is 12.8. The van der Waals surface area contributed by atoms with Crippen LogP contribution in [0.2, 0.25) is 0 Å². The van der Waals surface area contributed by atoms with Gasteiger partial charge in [-0.25, -0.2) is 9.97 Å². The van der Waals surface area contributed by atoms with Gasteiger partial charge >= 0.3 is 5.97 Å². The molecule has 0 amide bonds. The molecule has 1 aliphatic rings. The molecule has 5 aromatic rings. The predicted octanol–water partition coefficient (Wildman–Crippen LogP) is 7.10. The second kappa shape index (κ2) is 9.97. The average molecular weight is 489 g/mol. The number of aromatic amines is 1. The van der Waals surface area contributed by atoms with E-state index in [1.54, 1.807) is 0 Å². The Kier molecular flexibility index (Phi) is 6.23. The maximum absolute atomic E-state index is 11.0. The predicted molar refractivity (Wildman–Crippen MR) is 145 cm³/mol. The first-order valence-corrected chi connectivity index (χ1v) is 12.8. The molecule has 3 aromatic heterocycles. The fourth-order valence-corrected chi connectivity index (χ4v) is 5.40. The van der Waals surface area contributed by atoms with E-state index >= 15 is 0 Å². The molecule has 6 heteroatoms. The molecule has 0 spiro atoms. The second-order valence-electron chi connectivity index (χ2n) is 9.91. The number of hydrogen-bond donors (Lipinski definition) is 2. The average Bonchev–Trinajstić information content (AvgIpc) is 3.38. The fourth-order valence-electron chi connectivity index (χ4n) is 5.40. The molecule has 1 fully saturated rings. The lowest BCUT2D eigenvalue weighted by atomic mass is 9.77. The Balaban J connectivity index is 1.15. The number of nitrogens with one attached hydrogen (secondary N) is 1. The summed E-state index contributed by atoms with van der Waals surface area (Å²) in [6.07, 6.45) is 8.12. The van der Waals surface area contributed by atoms with E-state index in [0.29, 0.717) is 18.3 Å². The number of aromatic nitrogens is 4. The number of aliphatic carboxylic acids is 1. The van der Waals surface area contributed by atoms with E-state index in [0.717, 1.165) is 70.6 Å². The number of hydrogen-bond acceptors (Lipinski definition) is 4. The Morgan fingerprint density at radius 3 is 2.24 bits per heavy atom. The number of carboxylic acid groups (broad SMARTS) is 1. The van der Waals surface area contributed by atoms with Crippen molar-refractivity contribution in [2.45, 2.75) is 38.0 Å². The molecule has 0 bridgehead atoms. The van der Waals surface area contributed by atoms with Gasteiger partial charge in [0.25, 0.3) is 0 Å². The minimum absolute atomic E-state index is 0.298. The Labute approximate surface area is 215 Å². The highest BCUT2D eigenvalue weighted by Crippen LogP contribution is 2.37. The highest BCUT2D eigenvalue weighted by molar-refractivity contribution is 5.81. The number of carboxylic acids is 1. The quantitative estimate of drug-likeness (QED) is 0.266. The number of fused-ring (bicyclic) bond motifs is 1. The van der Waals surface area contributed by atoms with Crippen molar-refractivity contribution < 1.29 is 9.90 Å². The van der Waals surface area contributed by atoms with E-state index in [9.17, 15) is 4.79 Å². The third-order valence-electron chi connectivity index (χ3n) is 7.47. The largest absolute Gasteiger partial charge is 0.481 e. The molecule has 6 nitrogen and oxygen atoms in total. The molecule has 2 N–H and O–H groups in total. The van der Waals surface area contributed by atoms with E-state index in [-0.39, 0.29) is 0 Å². The molecule has 2 aromatic carbocycles.